The van der Waals surface area contributed by atoms with Gasteiger partial charge in [-0.2, -0.15) is 11.8 Å². The number of hydrogen-bond acceptors (Lipinski definition) is 6. The zero-order chi connectivity index (χ0) is 29.4. The first-order valence-electron chi connectivity index (χ1n) is 15.8. The van der Waals surface area contributed by atoms with Crippen LogP contribution in [0.25, 0.3) is 0 Å². The maximum Gasteiger partial charge on any atom is 0.251 e. The highest BCUT2D eigenvalue weighted by Crippen LogP contribution is 2.39. The number of rotatable bonds is 17. The molecule has 2 heterocycles. The Labute approximate surface area is 255 Å². The number of carbonyl (C=O) groups is 3. The molecule has 2 fully saturated rings. The summed E-state index contributed by atoms with van der Waals surface area (Å²) in [5, 5.41) is 9.54. The van der Waals surface area contributed by atoms with E-state index in [-0.39, 0.29) is 23.8 Å². The third-order valence-electron chi connectivity index (χ3n) is 8.09. The highest BCUT2D eigenvalue weighted by molar-refractivity contribution is 8.00. The monoisotopic (exact) mass is 597 g/mol. The standard InChI is InChI=1S/C33H47N3O5S/c37-30(13-7-6-12-29-32-27(24-42-29)22-31(38)36-32)34-18-8-20-40-21-9-19-35-33(39)26-16-14-25(15-17-26)23-41-28-10-4-2-1-3-5-11-28/h14-17,27-29,32H,1-4,6-10,12-13,18-24H2,(H,34,37)(H,35,39)(H,36,38)/t27-,28?,29-,32-/m0/s1. The molecule has 0 saturated carbocycles. The van der Waals surface area contributed by atoms with Crippen molar-refractivity contribution < 1.29 is 23.9 Å². The van der Waals surface area contributed by atoms with Crippen LogP contribution in [0, 0.1) is 17.8 Å². The van der Waals surface area contributed by atoms with Crippen molar-refractivity contribution in [1.82, 2.24) is 16.0 Å². The van der Waals surface area contributed by atoms with Gasteiger partial charge in [-0.25, -0.2) is 0 Å². The molecule has 3 N–H and O–H groups in total. The Balaban J connectivity index is 0.947. The third kappa shape index (κ3) is 11.3. The Kier molecular flexibility index (Phi) is 14.0. The first-order chi connectivity index (χ1) is 20.6. The van der Waals surface area contributed by atoms with Crippen LogP contribution in [0.4, 0.5) is 0 Å². The predicted octanol–water partition coefficient (Wildman–Crippen LogP) is 4.36. The second kappa shape index (κ2) is 18.2. The van der Waals surface area contributed by atoms with Gasteiger partial charge in [0, 0.05) is 62.4 Å². The van der Waals surface area contributed by atoms with Gasteiger partial charge >= 0.3 is 0 Å². The second-order valence-corrected chi connectivity index (χ2v) is 12.8. The SMILES string of the molecule is O=C(CCCC[C@@H]1SC[C@@H]2CC(=O)N[C@@H]21)NCCCOCCCNC(=O)c1ccc(COC2C#CCCCCC2)cc1. The zero-order valence-corrected chi connectivity index (χ0v) is 25.6. The fraction of sp³-hybridized carbons (Fsp3) is 0.667. The van der Waals surface area contributed by atoms with E-state index in [4.69, 9.17) is 9.47 Å². The van der Waals surface area contributed by atoms with E-state index in [9.17, 15) is 14.4 Å². The Morgan fingerprint density at radius 2 is 1.81 bits per heavy atom. The van der Waals surface area contributed by atoms with Gasteiger partial charge < -0.3 is 25.4 Å². The third-order valence-corrected chi connectivity index (χ3v) is 9.67. The lowest BCUT2D eigenvalue weighted by molar-refractivity contribution is -0.121. The van der Waals surface area contributed by atoms with Crippen molar-refractivity contribution in [1.29, 1.82) is 0 Å². The first-order valence-corrected chi connectivity index (χ1v) is 16.9. The van der Waals surface area contributed by atoms with Gasteiger partial charge in [0.25, 0.3) is 5.91 Å². The summed E-state index contributed by atoms with van der Waals surface area (Å²) in [5.74, 6) is 8.20. The molecule has 3 aliphatic rings. The molecule has 42 heavy (non-hydrogen) atoms. The average Bonchev–Trinajstić information content (AvgIpc) is 3.53. The summed E-state index contributed by atoms with van der Waals surface area (Å²) in [6, 6.07) is 7.89. The first kappa shape index (κ1) is 32.4. The topological polar surface area (TPSA) is 106 Å². The van der Waals surface area contributed by atoms with Crippen LogP contribution in [0.2, 0.25) is 0 Å². The molecular weight excluding hydrogens is 550 g/mol. The Morgan fingerprint density at radius 3 is 2.64 bits per heavy atom. The Morgan fingerprint density at radius 1 is 1.00 bits per heavy atom. The smallest absolute Gasteiger partial charge is 0.251 e. The molecule has 1 aliphatic carbocycles. The lowest BCUT2D eigenvalue weighted by atomic mass is 9.97. The van der Waals surface area contributed by atoms with Crippen molar-refractivity contribution in [3.05, 3.63) is 35.4 Å². The lowest BCUT2D eigenvalue weighted by Crippen LogP contribution is -2.34. The van der Waals surface area contributed by atoms with Gasteiger partial charge in [0.2, 0.25) is 11.8 Å². The zero-order valence-electron chi connectivity index (χ0n) is 24.8. The van der Waals surface area contributed by atoms with Crippen molar-refractivity contribution in [3.8, 4) is 11.8 Å². The summed E-state index contributed by atoms with van der Waals surface area (Å²) >= 11 is 1.97. The number of thioether (sulfide) groups is 1. The van der Waals surface area contributed by atoms with Gasteiger partial charge in [-0.3, -0.25) is 14.4 Å². The van der Waals surface area contributed by atoms with E-state index >= 15 is 0 Å². The summed E-state index contributed by atoms with van der Waals surface area (Å²) in [6.45, 7) is 2.81. The number of amides is 3. The van der Waals surface area contributed by atoms with E-state index in [0.29, 0.717) is 68.5 Å². The number of ether oxygens (including phenoxy) is 2. The van der Waals surface area contributed by atoms with Gasteiger partial charge in [-0.15, -0.1) is 5.92 Å². The fourth-order valence-corrected chi connectivity index (χ4v) is 7.31. The van der Waals surface area contributed by atoms with Gasteiger partial charge in [0.05, 0.1) is 6.61 Å². The minimum absolute atomic E-state index is 0.00345. The normalized spacial score (nSPS) is 23.2. The molecule has 3 amide bonds. The number of carbonyl (C=O) groups excluding carboxylic acids is 3. The maximum absolute atomic E-state index is 12.4. The predicted molar refractivity (Wildman–Crippen MR) is 166 cm³/mol. The van der Waals surface area contributed by atoms with Crippen LogP contribution in [0.1, 0.15) is 93.0 Å². The van der Waals surface area contributed by atoms with Crippen molar-refractivity contribution in [2.75, 3.05) is 32.1 Å². The molecule has 8 nitrogen and oxygen atoms in total. The fourth-order valence-electron chi connectivity index (χ4n) is 5.65. The maximum atomic E-state index is 12.4. The molecule has 0 radical (unpaired) electrons. The Hall–Kier alpha value is -2.54. The molecule has 4 rings (SSSR count). The van der Waals surface area contributed by atoms with Gasteiger partial charge in [-0.05, 0) is 74.3 Å². The largest absolute Gasteiger partial charge is 0.381 e. The van der Waals surface area contributed by atoms with Crippen molar-refractivity contribution in [2.45, 2.75) is 101 Å². The molecule has 0 bridgehead atoms. The summed E-state index contributed by atoms with van der Waals surface area (Å²) < 4.78 is 11.6. The van der Waals surface area contributed by atoms with E-state index in [1.54, 1.807) is 0 Å². The van der Waals surface area contributed by atoms with Crippen LogP contribution >= 0.6 is 11.8 Å². The van der Waals surface area contributed by atoms with Crippen molar-refractivity contribution >= 4 is 29.5 Å². The summed E-state index contributed by atoms with van der Waals surface area (Å²) in [7, 11) is 0. The van der Waals surface area contributed by atoms with Crippen LogP contribution < -0.4 is 16.0 Å². The molecule has 9 heteroatoms. The number of nitrogens with one attached hydrogen (secondary N) is 3. The van der Waals surface area contributed by atoms with Crippen LogP contribution in [0.15, 0.2) is 24.3 Å². The minimum Gasteiger partial charge on any atom is -0.381 e. The van der Waals surface area contributed by atoms with E-state index < -0.39 is 0 Å². The highest BCUT2D eigenvalue weighted by atomic mass is 32.2. The Bertz CT molecular complexity index is 1070. The number of fused-ring (bicyclic) bond motifs is 1. The van der Waals surface area contributed by atoms with E-state index in [0.717, 1.165) is 62.7 Å². The molecule has 1 aromatic rings. The highest BCUT2D eigenvalue weighted by Gasteiger charge is 2.42. The van der Waals surface area contributed by atoms with Gasteiger partial charge in [0.1, 0.15) is 6.10 Å². The molecule has 2 aliphatic heterocycles. The summed E-state index contributed by atoms with van der Waals surface area (Å²) in [6.07, 6.45) is 11.2. The lowest BCUT2D eigenvalue weighted by Gasteiger charge is -2.17. The van der Waals surface area contributed by atoms with Crippen LogP contribution in [0.5, 0.6) is 0 Å². The number of benzene rings is 1. The molecule has 0 spiro atoms. The quantitative estimate of drug-likeness (QED) is 0.182. The van der Waals surface area contributed by atoms with Crippen LogP contribution in [0.3, 0.4) is 0 Å². The average molecular weight is 598 g/mol. The molecule has 230 valence electrons. The summed E-state index contributed by atoms with van der Waals surface area (Å²) in [4.78, 5) is 36.1. The van der Waals surface area contributed by atoms with Crippen LogP contribution in [-0.4, -0.2) is 67.2 Å². The van der Waals surface area contributed by atoms with E-state index in [1.807, 2.05) is 36.0 Å². The van der Waals surface area contributed by atoms with E-state index in [1.165, 1.54) is 12.8 Å². The summed E-state index contributed by atoms with van der Waals surface area (Å²) in [5.41, 5.74) is 1.67. The molecule has 4 atom stereocenters. The second-order valence-electron chi connectivity index (χ2n) is 11.5. The molecule has 0 aromatic heterocycles. The number of unbranched alkanes of at least 4 members (excludes halogenated alkanes) is 1. The molecule has 2 saturated heterocycles. The van der Waals surface area contributed by atoms with Gasteiger partial charge in [0.15, 0.2) is 0 Å². The van der Waals surface area contributed by atoms with Gasteiger partial charge in [-0.1, -0.05) is 30.9 Å². The molecular formula is C33H47N3O5S. The van der Waals surface area contributed by atoms with E-state index in [2.05, 4.69) is 27.8 Å². The van der Waals surface area contributed by atoms with Crippen LogP contribution in [-0.2, 0) is 25.7 Å². The molecule has 1 aromatic carbocycles. The molecule has 1 unspecified atom stereocenters. The van der Waals surface area contributed by atoms with Crippen molar-refractivity contribution in [3.63, 3.8) is 0 Å². The minimum atomic E-state index is -0.0902. The van der Waals surface area contributed by atoms with Crippen molar-refractivity contribution in [2.24, 2.45) is 5.92 Å². The number of hydrogen-bond donors (Lipinski definition) is 3.